The van der Waals surface area contributed by atoms with Crippen LogP contribution in [0.2, 0.25) is 0 Å². The van der Waals surface area contributed by atoms with E-state index in [1.807, 2.05) is 0 Å². The quantitative estimate of drug-likeness (QED) is 0.795. The molecular formula is C17H24F2N2O3S. The van der Waals surface area contributed by atoms with E-state index in [2.05, 4.69) is 4.72 Å². The first-order chi connectivity index (χ1) is 11.8. The molecular weight excluding hydrogens is 350 g/mol. The Bertz CT molecular complexity index is 690. The molecule has 1 amide bonds. The minimum absolute atomic E-state index is 0.0826. The fraction of sp³-hybridized carbons (Fsp3) is 0.588. The maximum Gasteiger partial charge on any atom is 0.223 e. The smallest absolute Gasteiger partial charge is 0.223 e. The van der Waals surface area contributed by atoms with E-state index >= 15 is 0 Å². The Morgan fingerprint density at radius 2 is 2.00 bits per heavy atom. The third kappa shape index (κ3) is 6.36. The van der Waals surface area contributed by atoms with E-state index < -0.39 is 21.7 Å². The summed E-state index contributed by atoms with van der Waals surface area (Å²) in [6, 6.07) is 3.85. The molecule has 1 N–H and O–H groups in total. The van der Waals surface area contributed by atoms with Crippen LogP contribution in [0, 0.1) is 17.6 Å². The second kappa shape index (κ2) is 8.71. The molecule has 0 unspecified atom stereocenters. The van der Waals surface area contributed by atoms with Crippen molar-refractivity contribution in [3.8, 4) is 0 Å². The molecule has 1 heterocycles. The van der Waals surface area contributed by atoms with E-state index in [-0.39, 0.29) is 30.4 Å². The molecule has 1 atom stereocenters. The van der Waals surface area contributed by atoms with Crippen molar-refractivity contribution in [1.29, 1.82) is 0 Å². The van der Waals surface area contributed by atoms with Crippen molar-refractivity contribution < 1.29 is 22.0 Å². The topological polar surface area (TPSA) is 66.5 Å². The Balaban J connectivity index is 1.83. The number of rotatable bonds is 7. The van der Waals surface area contributed by atoms with Crippen LogP contribution in [-0.4, -0.2) is 45.1 Å². The second-order valence-electron chi connectivity index (χ2n) is 6.50. The van der Waals surface area contributed by atoms with E-state index in [4.69, 9.17) is 0 Å². The lowest BCUT2D eigenvalue weighted by Gasteiger charge is -2.33. The monoisotopic (exact) mass is 374 g/mol. The van der Waals surface area contributed by atoms with Crippen molar-refractivity contribution in [3.05, 3.63) is 35.4 Å². The fourth-order valence-corrected chi connectivity index (χ4v) is 3.62. The molecule has 0 aliphatic carbocycles. The fourth-order valence-electron chi connectivity index (χ4n) is 3.15. The number of carbonyl (C=O) groups is 1. The zero-order chi connectivity index (χ0) is 18.4. The third-order valence-electron chi connectivity index (χ3n) is 4.44. The van der Waals surface area contributed by atoms with Gasteiger partial charge in [-0.3, -0.25) is 4.79 Å². The number of sulfonamides is 1. The lowest BCUT2D eigenvalue weighted by molar-refractivity contribution is -0.132. The predicted molar refractivity (Wildman–Crippen MR) is 91.4 cm³/mol. The highest BCUT2D eigenvalue weighted by Gasteiger charge is 2.24. The summed E-state index contributed by atoms with van der Waals surface area (Å²) in [5, 5.41) is 0. The van der Waals surface area contributed by atoms with E-state index in [1.54, 1.807) is 4.90 Å². The van der Waals surface area contributed by atoms with Gasteiger partial charge in [0.25, 0.3) is 0 Å². The number of halogens is 2. The van der Waals surface area contributed by atoms with E-state index in [9.17, 15) is 22.0 Å². The number of amides is 1. The van der Waals surface area contributed by atoms with Crippen LogP contribution in [0.5, 0.6) is 0 Å². The van der Waals surface area contributed by atoms with Gasteiger partial charge in [-0.2, -0.15) is 0 Å². The van der Waals surface area contributed by atoms with Crippen LogP contribution in [0.4, 0.5) is 8.78 Å². The average Bonchev–Trinajstić information content (AvgIpc) is 2.53. The first-order valence-corrected chi connectivity index (χ1v) is 10.3. The highest BCUT2D eigenvalue weighted by atomic mass is 32.2. The van der Waals surface area contributed by atoms with Crippen LogP contribution >= 0.6 is 0 Å². The van der Waals surface area contributed by atoms with Crippen LogP contribution in [-0.2, 0) is 21.2 Å². The lowest BCUT2D eigenvalue weighted by Crippen LogP contribution is -2.41. The molecule has 0 bridgehead atoms. The minimum atomic E-state index is -3.30. The standard InChI is InChI=1S/C17H24F2N2O3S/c1-25(23,24)20-10-9-17(22)21-11-3-4-13(12-21)7-8-14-15(18)5-2-6-16(14)19/h2,5-6,13,20H,3-4,7-12H2,1H3/t13-/m1/s1. The number of nitrogens with zero attached hydrogens (tertiary/aromatic N) is 1. The van der Waals surface area contributed by atoms with E-state index in [0.29, 0.717) is 25.9 Å². The van der Waals surface area contributed by atoms with Gasteiger partial charge in [-0.25, -0.2) is 21.9 Å². The lowest BCUT2D eigenvalue weighted by atomic mass is 9.91. The van der Waals surface area contributed by atoms with Gasteiger partial charge in [0.2, 0.25) is 15.9 Å². The largest absolute Gasteiger partial charge is 0.342 e. The van der Waals surface area contributed by atoms with Gasteiger partial charge in [0, 0.05) is 31.6 Å². The summed E-state index contributed by atoms with van der Waals surface area (Å²) in [4.78, 5) is 13.9. The van der Waals surface area contributed by atoms with Gasteiger partial charge in [0.15, 0.2) is 0 Å². The maximum absolute atomic E-state index is 13.7. The van der Waals surface area contributed by atoms with Crippen molar-refractivity contribution in [2.75, 3.05) is 25.9 Å². The minimum Gasteiger partial charge on any atom is -0.342 e. The van der Waals surface area contributed by atoms with Gasteiger partial charge in [-0.1, -0.05) is 6.07 Å². The zero-order valence-corrected chi connectivity index (χ0v) is 15.1. The van der Waals surface area contributed by atoms with E-state index in [0.717, 1.165) is 19.1 Å². The maximum atomic E-state index is 13.7. The molecule has 1 aliphatic heterocycles. The van der Waals surface area contributed by atoms with Gasteiger partial charge in [0.1, 0.15) is 11.6 Å². The number of hydrogen-bond acceptors (Lipinski definition) is 3. The number of hydrogen-bond donors (Lipinski definition) is 1. The van der Waals surface area contributed by atoms with Crippen LogP contribution in [0.15, 0.2) is 18.2 Å². The molecule has 8 heteroatoms. The highest BCUT2D eigenvalue weighted by Crippen LogP contribution is 2.23. The Morgan fingerprint density at radius 3 is 2.64 bits per heavy atom. The normalized spacial score (nSPS) is 18.4. The first kappa shape index (κ1) is 19.8. The Morgan fingerprint density at radius 1 is 1.32 bits per heavy atom. The molecule has 25 heavy (non-hydrogen) atoms. The van der Waals surface area contributed by atoms with Crippen LogP contribution in [0.25, 0.3) is 0 Å². The van der Waals surface area contributed by atoms with Crippen molar-refractivity contribution in [3.63, 3.8) is 0 Å². The molecule has 0 spiro atoms. The summed E-state index contributed by atoms with van der Waals surface area (Å²) in [5.41, 5.74) is 0.100. The van der Waals surface area contributed by atoms with Gasteiger partial charge in [-0.05, 0) is 43.7 Å². The van der Waals surface area contributed by atoms with Crippen LogP contribution < -0.4 is 4.72 Å². The number of carbonyl (C=O) groups excluding carboxylic acids is 1. The van der Waals surface area contributed by atoms with Crippen LogP contribution in [0.1, 0.15) is 31.2 Å². The summed E-state index contributed by atoms with van der Waals surface area (Å²) in [7, 11) is -3.30. The highest BCUT2D eigenvalue weighted by molar-refractivity contribution is 7.88. The van der Waals surface area contributed by atoms with Gasteiger partial charge in [-0.15, -0.1) is 0 Å². The molecule has 1 aromatic rings. The summed E-state index contributed by atoms with van der Waals surface area (Å²) in [6.45, 7) is 1.27. The van der Waals surface area contributed by atoms with E-state index in [1.165, 1.54) is 18.2 Å². The average molecular weight is 374 g/mol. The van der Waals surface area contributed by atoms with Crippen molar-refractivity contribution in [2.24, 2.45) is 5.92 Å². The van der Waals surface area contributed by atoms with Crippen LogP contribution in [0.3, 0.4) is 0 Å². The molecule has 140 valence electrons. The summed E-state index contributed by atoms with van der Waals surface area (Å²) in [6.07, 6.45) is 3.85. The summed E-state index contributed by atoms with van der Waals surface area (Å²) < 4.78 is 51.7. The number of nitrogens with one attached hydrogen (secondary N) is 1. The molecule has 1 fully saturated rings. The van der Waals surface area contributed by atoms with Gasteiger partial charge in [0.05, 0.1) is 6.26 Å². The number of piperidine rings is 1. The summed E-state index contributed by atoms with van der Waals surface area (Å²) >= 11 is 0. The molecule has 0 aromatic heterocycles. The zero-order valence-electron chi connectivity index (χ0n) is 14.3. The second-order valence-corrected chi connectivity index (χ2v) is 8.34. The molecule has 1 aromatic carbocycles. The first-order valence-electron chi connectivity index (χ1n) is 8.41. The molecule has 1 aliphatic rings. The van der Waals surface area contributed by atoms with Crippen molar-refractivity contribution in [2.45, 2.75) is 32.1 Å². The number of benzene rings is 1. The van der Waals surface area contributed by atoms with Gasteiger partial charge >= 0.3 is 0 Å². The number of likely N-dealkylation sites (tertiary alicyclic amines) is 1. The molecule has 5 nitrogen and oxygen atoms in total. The molecule has 0 radical (unpaired) electrons. The molecule has 1 saturated heterocycles. The third-order valence-corrected chi connectivity index (χ3v) is 5.17. The van der Waals surface area contributed by atoms with Crippen molar-refractivity contribution >= 4 is 15.9 Å². The Kier molecular flexibility index (Phi) is 6.89. The Labute approximate surface area is 147 Å². The van der Waals surface area contributed by atoms with Crippen molar-refractivity contribution in [1.82, 2.24) is 9.62 Å². The van der Waals surface area contributed by atoms with Gasteiger partial charge < -0.3 is 4.90 Å². The Hall–Kier alpha value is -1.54. The molecule has 0 saturated carbocycles. The molecule has 2 rings (SSSR count). The predicted octanol–water partition coefficient (Wildman–Crippen LogP) is 2.08. The SMILES string of the molecule is CS(=O)(=O)NCCC(=O)N1CCC[C@H](CCc2c(F)cccc2F)C1. The summed E-state index contributed by atoms with van der Waals surface area (Å²) in [5.74, 6) is -0.969.